The molecule has 10 heteroatoms. The van der Waals surface area contributed by atoms with Crippen molar-refractivity contribution in [1.29, 1.82) is 5.41 Å². The maximum Gasteiger partial charge on any atom is 0.259 e. The second-order valence-electron chi connectivity index (χ2n) is 7.27. The predicted octanol–water partition coefficient (Wildman–Crippen LogP) is 0.544. The van der Waals surface area contributed by atoms with Gasteiger partial charge in [0.05, 0.1) is 17.8 Å². The highest BCUT2D eigenvalue weighted by Gasteiger charge is 2.39. The van der Waals surface area contributed by atoms with Crippen LogP contribution in [0.15, 0.2) is 59.4 Å². The predicted molar refractivity (Wildman–Crippen MR) is 119 cm³/mol. The van der Waals surface area contributed by atoms with Crippen LogP contribution in [-0.2, 0) is 14.3 Å². The number of benzene rings is 2. The van der Waals surface area contributed by atoms with E-state index in [-0.39, 0.29) is 24.5 Å². The van der Waals surface area contributed by atoms with Gasteiger partial charge in [-0.05, 0) is 36.4 Å². The molecule has 2 atom stereocenters. The van der Waals surface area contributed by atoms with Crippen molar-refractivity contribution in [2.75, 3.05) is 23.4 Å². The summed E-state index contributed by atoms with van der Waals surface area (Å²) in [6.45, 7) is 0.299. The zero-order valence-corrected chi connectivity index (χ0v) is 16.9. The number of para-hydroxylation sites is 1. The van der Waals surface area contributed by atoms with E-state index < -0.39 is 24.0 Å². The lowest BCUT2D eigenvalue weighted by Gasteiger charge is -2.34. The first-order chi connectivity index (χ1) is 15.3. The largest absolute Gasteiger partial charge is 0.384 e. The number of pyridine rings is 1. The Morgan fingerprint density at radius 3 is 2.66 bits per heavy atom. The number of nitrogens with zero attached hydrogens (tertiary/aromatic N) is 1. The third-order valence-corrected chi connectivity index (χ3v) is 5.17. The number of ether oxygens (including phenoxy) is 1. The van der Waals surface area contributed by atoms with Gasteiger partial charge in [-0.15, -0.1) is 0 Å². The number of amides is 2. The number of aromatic nitrogens is 1. The Bertz CT molecular complexity index is 1250. The van der Waals surface area contributed by atoms with Gasteiger partial charge < -0.3 is 30.8 Å². The Morgan fingerprint density at radius 1 is 1.19 bits per heavy atom. The number of aromatic amines is 1. The van der Waals surface area contributed by atoms with Gasteiger partial charge in [-0.25, -0.2) is 0 Å². The summed E-state index contributed by atoms with van der Waals surface area (Å²) >= 11 is 0. The summed E-state index contributed by atoms with van der Waals surface area (Å²) in [7, 11) is 0. The first-order valence-corrected chi connectivity index (χ1v) is 9.83. The second kappa shape index (κ2) is 8.61. The second-order valence-corrected chi connectivity index (χ2v) is 7.27. The first kappa shape index (κ1) is 21.2. The lowest BCUT2D eigenvalue weighted by molar-refractivity contribution is -0.150. The molecule has 0 aliphatic carbocycles. The van der Waals surface area contributed by atoms with E-state index in [2.05, 4.69) is 10.3 Å². The highest BCUT2D eigenvalue weighted by molar-refractivity contribution is 6.07. The van der Waals surface area contributed by atoms with Crippen LogP contribution in [0, 0.1) is 5.41 Å². The van der Waals surface area contributed by atoms with Crippen LogP contribution in [0.3, 0.4) is 0 Å². The lowest BCUT2D eigenvalue weighted by Crippen LogP contribution is -2.55. The maximum atomic E-state index is 13.1. The first-order valence-electron chi connectivity index (χ1n) is 9.83. The fraction of sp³-hybridized carbons (Fsp3) is 0.182. The van der Waals surface area contributed by atoms with Crippen LogP contribution in [0.25, 0.3) is 10.9 Å². The molecule has 2 aromatic carbocycles. The number of nitrogens with two attached hydrogens (primary N) is 1. The van der Waals surface area contributed by atoms with Crippen molar-refractivity contribution in [3.63, 3.8) is 0 Å². The van der Waals surface area contributed by atoms with Gasteiger partial charge >= 0.3 is 0 Å². The molecule has 1 saturated heterocycles. The molecule has 0 radical (unpaired) electrons. The van der Waals surface area contributed by atoms with Crippen LogP contribution in [0.1, 0.15) is 5.56 Å². The van der Waals surface area contributed by atoms with Gasteiger partial charge in [-0.1, -0.05) is 12.1 Å². The fourth-order valence-corrected chi connectivity index (χ4v) is 3.55. The molecule has 1 aliphatic heterocycles. The number of anilines is 2. The van der Waals surface area contributed by atoms with Crippen molar-refractivity contribution < 1.29 is 19.4 Å². The number of H-pyrrole nitrogens is 1. The van der Waals surface area contributed by atoms with Crippen LogP contribution in [0.5, 0.6) is 0 Å². The van der Waals surface area contributed by atoms with Crippen molar-refractivity contribution in [1.82, 2.24) is 4.98 Å². The Kier molecular flexibility index (Phi) is 5.71. The van der Waals surface area contributed by atoms with Crippen molar-refractivity contribution in [2.24, 2.45) is 5.73 Å². The number of fused-ring (bicyclic) bond motifs is 1. The molecule has 0 bridgehead atoms. The Labute approximate surface area is 182 Å². The molecule has 1 aromatic heterocycles. The third kappa shape index (κ3) is 4.09. The highest BCUT2D eigenvalue weighted by Crippen LogP contribution is 2.27. The van der Waals surface area contributed by atoms with E-state index in [9.17, 15) is 19.5 Å². The van der Waals surface area contributed by atoms with Crippen molar-refractivity contribution in [2.45, 2.75) is 12.2 Å². The molecule has 6 N–H and O–H groups in total. The summed E-state index contributed by atoms with van der Waals surface area (Å²) in [6, 6.07) is 14.4. The van der Waals surface area contributed by atoms with E-state index in [1.165, 1.54) is 23.1 Å². The van der Waals surface area contributed by atoms with E-state index in [4.69, 9.17) is 15.9 Å². The smallest absolute Gasteiger partial charge is 0.259 e. The van der Waals surface area contributed by atoms with Gasteiger partial charge in [0, 0.05) is 29.2 Å². The molecule has 32 heavy (non-hydrogen) atoms. The minimum atomic E-state index is -1.76. The number of nitrogen functional groups attached to an aromatic ring is 1. The number of carbonyl (C=O) groups is 2. The average molecular weight is 435 g/mol. The summed E-state index contributed by atoms with van der Waals surface area (Å²) in [4.78, 5) is 41.6. The topological polar surface area (TPSA) is 162 Å². The fourth-order valence-electron chi connectivity index (χ4n) is 3.55. The molecule has 3 aromatic rings. The molecule has 1 aliphatic rings. The molecule has 10 nitrogen and oxygen atoms in total. The van der Waals surface area contributed by atoms with E-state index in [0.717, 1.165) is 5.39 Å². The molecule has 4 rings (SSSR count). The minimum Gasteiger partial charge on any atom is -0.384 e. The standard InChI is InChI=1S/C22H21N5O5/c23-20(24)13-4-7-14(8-5-13)25-21(30)18(29)19-22(31)27(10-11-32-19)15-3-1-2-12-6-9-16(28)26-17(12)15/h1-9,18-19,29H,10-11H2,(H3,23,24)(H,25,30)(H,26,28)/t18-,19-/m1/s1. The summed E-state index contributed by atoms with van der Waals surface area (Å²) < 4.78 is 5.43. The van der Waals surface area contributed by atoms with Crippen molar-refractivity contribution in [3.05, 3.63) is 70.5 Å². The Morgan fingerprint density at radius 2 is 1.94 bits per heavy atom. The number of rotatable bonds is 5. The van der Waals surface area contributed by atoms with E-state index in [0.29, 0.717) is 22.5 Å². The van der Waals surface area contributed by atoms with Gasteiger partial charge in [-0.3, -0.25) is 19.8 Å². The Hall–Kier alpha value is -4.02. The molecular formula is C22H21N5O5. The lowest BCUT2D eigenvalue weighted by atomic mass is 10.1. The summed E-state index contributed by atoms with van der Waals surface area (Å²) in [6.07, 6.45) is -3.17. The van der Waals surface area contributed by atoms with E-state index in [1.54, 1.807) is 36.4 Å². The van der Waals surface area contributed by atoms with Gasteiger partial charge in [0.2, 0.25) is 5.56 Å². The van der Waals surface area contributed by atoms with Gasteiger partial charge in [-0.2, -0.15) is 0 Å². The summed E-state index contributed by atoms with van der Waals surface area (Å²) in [5.74, 6) is -1.52. The number of nitrogens with one attached hydrogen (secondary N) is 3. The number of hydrogen-bond donors (Lipinski definition) is 5. The maximum absolute atomic E-state index is 13.1. The molecule has 0 spiro atoms. The van der Waals surface area contributed by atoms with Gasteiger partial charge in [0.1, 0.15) is 5.84 Å². The molecule has 164 valence electrons. The Balaban J connectivity index is 1.54. The van der Waals surface area contributed by atoms with Crippen LogP contribution in [-0.4, -0.2) is 53.1 Å². The minimum absolute atomic E-state index is 0.0987. The van der Waals surface area contributed by atoms with Crippen molar-refractivity contribution in [3.8, 4) is 0 Å². The van der Waals surface area contributed by atoms with Crippen LogP contribution in [0.2, 0.25) is 0 Å². The zero-order chi connectivity index (χ0) is 22.8. The SMILES string of the molecule is N=C(N)c1ccc(NC(=O)[C@H](O)[C@H]2OCCN(c3cccc4ccc(=O)[nH]c34)C2=O)cc1. The zero-order valence-electron chi connectivity index (χ0n) is 16.9. The van der Waals surface area contributed by atoms with Crippen molar-refractivity contribution >= 4 is 39.9 Å². The number of morpholine rings is 1. The quantitative estimate of drug-likeness (QED) is 0.290. The molecule has 0 unspecified atom stereocenters. The van der Waals surface area contributed by atoms with E-state index >= 15 is 0 Å². The number of aliphatic hydroxyl groups is 1. The van der Waals surface area contributed by atoms with Gasteiger partial charge in [0.25, 0.3) is 11.8 Å². The van der Waals surface area contributed by atoms with E-state index in [1.807, 2.05) is 0 Å². The molecule has 1 fully saturated rings. The van der Waals surface area contributed by atoms with Gasteiger partial charge in [0.15, 0.2) is 12.2 Å². The van der Waals surface area contributed by atoms with Crippen LogP contribution >= 0.6 is 0 Å². The third-order valence-electron chi connectivity index (χ3n) is 5.17. The monoisotopic (exact) mass is 435 g/mol. The normalized spacial score (nSPS) is 17.2. The molecular weight excluding hydrogens is 414 g/mol. The average Bonchev–Trinajstić information content (AvgIpc) is 2.79. The highest BCUT2D eigenvalue weighted by atomic mass is 16.5. The number of hydrogen-bond acceptors (Lipinski definition) is 6. The molecule has 0 saturated carbocycles. The molecule has 2 amide bonds. The van der Waals surface area contributed by atoms with Crippen LogP contribution in [0.4, 0.5) is 11.4 Å². The number of amidine groups is 1. The number of carbonyl (C=O) groups excluding carboxylic acids is 2. The van der Waals surface area contributed by atoms with Crippen LogP contribution < -0.4 is 21.5 Å². The summed E-state index contributed by atoms with van der Waals surface area (Å²) in [5.41, 5.74) is 6.90. The molecule has 2 heterocycles. The summed E-state index contributed by atoms with van der Waals surface area (Å²) in [5, 5.41) is 21.2. The number of aliphatic hydroxyl groups excluding tert-OH is 1.